The molecule has 0 saturated carbocycles. The number of carboxylic acid groups (broad SMARTS) is 2. The Balaban J connectivity index is 1.67. The van der Waals surface area contributed by atoms with Crippen LogP contribution in [0.25, 0.3) is 11.2 Å². The minimum absolute atomic E-state index is 0.00629. The Morgan fingerprint density at radius 1 is 1.15 bits per heavy atom. The van der Waals surface area contributed by atoms with Crippen molar-refractivity contribution >= 4 is 40.6 Å². The largest absolute Gasteiger partial charge is 0.481 e. The Labute approximate surface area is 188 Å². The Kier molecular flexibility index (Phi) is 6.65. The van der Waals surface area contributed by atoms with Crippen molar-refractivity contribution in [1.29, 1.82) is 0 Å². The van der Waals surface area contributed by atoms with Gasteiger partial charge in [-0.25, -0.2) is 23.5 Å². The fraction of sp³-hybridized carbons (Fsp3) is 0.211. The van der Waals surface area contributed by atoms with Crippen LogP contribution in [0.3, 0.4) is 0 Å². The molecule has 0 aliphatic rings. The van der Waals surface area contributed by atoms with Crippen LogP contribution in [0.4, 0.5) is 20.4 Å². The quantitative estimate of drug-likeness (QED) is 0.245. The molecule has 0 spiro atoms. The summed E-state index contributed by atoms with van der Waals surface area (Å²) in [6, 6.07) is 2.60. The summed E-state index contributed by atoms with van der Waals surface area (Å²) in [7, 11) is 0. The van der Waals surface area contributed by atoms with E-state index in [0.29, 0.717) is 11.4 Å². The van der Waals surface area contributed by atoms with Crippen molar-refractivity contribution in [2.75, 3.05) is 11.1 Å². The highest BCUT2D eigenvalue weighted by Crippen LogP contribution is 2.24. The molecule has 0 aliphatic heterocycles. The standard InChI is InChI=1S/C19H17F2N7O6/c20-19(21,5-11(29)30)13(17(33)34)26-15(31)8-1-3-9(4-2-8)23-6-10-7-24-14-12(25-10)16(32)28-18(22)27-14/h1-4,7,13,23H,5-6H2,(H,26,31)(H,29,30)(H,33,34)(H3,22,24,27,28,32). The number of carbonyl (C=O) groups is 3. The summed E-state index contributed by atoms with van der Waals surface area (Å²) in [6.45, 7) is 0.126. The van der Waals surface area contributed by atoms with Gasteiger partial charge in [-0.2, -0.15) is 4.98 Å². The van der Waals surface area contributed by atoms with Crippen molar-refractivity contribution in [1.82, 2.24) is 25.3 Å². The number of rotatable bonds is 9. The molecule has 178 valence electrons. The van der Waals surface area contributed by atoms with Crippen molar-refractivity contribution in [2.24, 2.45) is 0 Å². The molecule has 15 heteroatoms. The molecule has 0 radical (unpaired) electrons. The summed E-state index contributed by atoms with van der Waals surface area (Å²) in [4.78, 5) is 60.2. The average molecular weight is 477 g/mol. The van der Waals surface area contributed by atoms with Gasteiger partial charge in [-0.1, -0.05) is 0 Å². The number of carbonyl (C=O) groups excluding carboxylic acids is 1. The van der Waals surface area contributed by atoms with E-state index in [1.165, 1.54) is 30.5 Å². The number of nitrogens with two attached hydrogens (primary N) is 1. The first-order valence-electron chi connectivity index (χ1n) is 9.45. The first-order chi connectivity index (χ1) is 16.0. The van der Waals surface area contributed by atoms with E-state index in [0.717, 1.165) is 0 Å². The Bertz CT molecular complexity index is 1310. The molecular formula is C19H17F2N7O6. The number of nitrogens with one attached hydrogen (secondary N) is 3. The van der Waals surface area contributed by atoms with E-state index in [9.17, 15) is 28.0 Å². The van der Waals surface area contributed by atoms with E-state index in [1.807, 2.05) is 0 Å². The molecular weight excluding hydrogens is 460 g/mol. The third kappa shape index (κ3) is 5.56. The second-order valence-corrected chi connectivity index (χ2v) is 6.99. The summed E-state index contributed by atoms with van der Waals surface area (Å²) in [5, 5.41) is 22.1. The lowest BCUT2D eigenvalue weighted by Gasteiger charge is -2.23. The highest BCUT2D eigenvalue weighted by atomic mass is 19.3. The second-order valence-electron chi connectivity index (χ2n) is 6.99. The zero-order valence-corrected chi connectivity index (χ0v) is 17.1. The van der Waals surface area contributed by atoms with Crippen molar-refractivity contribution in [3.8, 4) is 0 Å². The van der Waals surface area contributed by atoms with Crippen LogP contribution in [0.15, 0.2) is 35.3 Å². The molecule has 1 atom stereocenters. The maximum atomic E-state index is 13.9. The smallest absolute Gasteiger partial charge is 0.332 e. The molecule has 0 aliphatic carbocycles. The summed E-state index contributed by atoms with van der Waals surface area (Å²) >= 11 is 0. The number of benzene rings is 1. The van der Waals surface area contributed by atoms with E-state index in [-0.39, 0.29) is 29.2 Å². The molecule has 1 amide bonds. The van der Waals surface area contributed by atoms with Gasteiger partial charge in [-0.3, -0.25) is 19.4 Å². The number of nitrogen functional groups attached to an aromatic ring is 1. The Morgan fingerprint density at radius 3 is 2.44 bits per heavy atom. The lowest BCUT2D eigenvalue weighted by atomic mass is 10.1. The lowest BCUT2D eigenvalue weighted by Crippen LogP contribution is -2.53. The van der Waals surface area contributed by atoms with Gasteiger partial charge >= 0.3 is 11.9 Å². The van der Waals surface area contributed by atoms with Crippen molar-refractivity contribution in [2.45, 2.75) is 24.9 Å². The molecule has 0 fully saturated rings. The van der Waals surface area contributed by atoms with Gasteiger partial charge in [0, 0.05) is 11.3 Å². The molecule has 2 aromatic heterocycles. The minimum atomic E-state index is -4.21. The SMILES string of the molecule is Nc1nc2ncc(CNc3ccc(C(=O)NC(C(=O)O)C(F)(F)CC(=O)O)cc3)nc2c(=O)[nH]1. The van der Waals surface area contributed by atoms with Gasteiger partial charge in [0.05, 0.1) is 18.4 Å². The van der Waals surface area contributed by atoms with E-state index in [1.54, 1.807) is 5.32 Å². The molecule has 0 saturated heterocycles. The van der Waals surface area contributed by atoms with E-state index in [4.69, 9.17) is 15.9 Å². The van der Waals surface area contributed by atoms with E-state index in [2.05, 4.69) is 25.3 Å². The zero-order chi connectivity index (χ0) is 25.0. The van der Waals surface area contributed by atoms with E-state index >= 15 is 0 Å². The lowest BCUT2D eigenvalue weighted by molar-refractivity contribution is -0.157. The fourth-order valence-corrected chi connectivity index (χ4v) is 2.85. The summed E-state index contributed by atoms with van der Waals surface area (Å²) in [5.74, 6) is -9.43. The number of anilines is 2. The monoisotopic (exact) mass is 477 g/mol. The molecule has 34 heavy (non-hydrogen) atoms. The second kappa shape index (κ2) is 9.43. The zero-order valence-electron chi connectivity index (χ0n) is 17.1. The predicted octanol–water partition coefficient (Wildman–Crippen LogP) is 0.200. The number of fused-ring (bicyclic) bond motifs is 1. The van der Waals surface area contributed by atoms with Gasteiger partial charge in [-0.05, 0) is 24.3 Å². The van der Waals surface area contributed by atoms with Crippen LogP contribution < -0.4 is 21.9 Å². The molecule has 1 unspecified atom stereocenters. The van der Waals surface area contributed by atoms with Gasteiger partial charge in [0.1, 0.15) is 6.42 Å². The predicted molar refractivity (Wildman–Crippen MR) is 112 cm³/mol. The van der Waals surface area contributed by atoms with Gasteiger partial charge in [0.2, 0.25) is 5.95 Å². The molecule has 3 aromatic rings. The minimum Gasteiger partial charge on any atom is -0.481 e. The number of hydrogen-bond acceptors (Lipinski definition) is 9. The highest BCUT2D eigenvalue weighted by molar-refractivity contribution is 5.97. The Morgan fingerprint density at radius 2 is 1.82 bits per heavy atom. The number of carboxylic acids is 2. The van der Waals surface area contributed by atoms with Crippen LogP contribution in [0, 0.1) is 0 Å². The number of aromatic amines is 1. The number of nitrogens with zero attached hydrogens (tertiary/aromatic N) is 3. The third-order valence-corrected chi connectivity index (χ3v) is 4.44. The maximum absolute atomic E-state index is 13.9. The van der Waals surface area contributed by atoms with Crippen molar-refractivity contribution < 1.29 is 33.4 Å². The summed E-state index contributed by atoms with van der Waals surface area (Å²) in [6.07, 6.45) is -0.382. The van der Waals surface area contributed by atoms with Gasteiger partial charge in [0.15, 0.2) is 17.2 Å². The molecule has 13 nitrogen and oxygen atoms in total. The maximum Gasteiger partial charge on any atom is 0.332 e. The number of amides is 1. The summed E-state index contributed by atoms with van der Waals surface area (Å²) < 4.78 is 27.8. The van der Waals surface area contributed by atoms with Crippen LogP contribution in [0.5, 0.6) is 0 Å². The molecule has 2 heterocycles. The Hall–Kier alpha value is -4.69. The normalized spacial score (nSPS) is 12.2. The molecule has 1 aromatic carbocycles. The molecule has 3 rings (SSSR count). The van der Waals surface area contributed by atoms with Crippen LogP contribution in [-0.4, -0.2) is 60.0 Å². The van der Waals surface area contributed by atoms with Gasteiger partial charge in [-0.15, -0.1) is 0 Å². The first-order valence-corrected chi connectivity index (χ1v) is 9.45. The van der Waals surface area contributed by atoms with Crippen LogP contribution in [-0.2, 0) is 16.1 Å². The number of halogens is 2. The van der Waals surface area contributed by atoms with Gasteiger partial charge in [0.25, 0.3) is 17.4 Å². The summed E-state index contributed by atoms with van der Waals surface area (Å²) in [5.41, 5.74) is 5.69. The topological polar surface area (TPSA) is 213 Å². The van der Waals surface area contributed by atoms with Crippen LogP contribution in [0.2, 0.25) is 0 Å². The average Bonchev–Trinajstić information content (AvgIpc) is 2.75. The number of alkyl halides is 2. The van der Waals surface area contributed by atoms with Crippen LogP contribution in [0.1, 0.15) is 22.5 Å². The number of aliphatic carboxylic acids is 2. The van der Waals surface area contributed by atoms with Crippen molar-refractivity contribution in [3.05, 3.63) is 52.1 Å². The molecule has 7 N–H and O–H groups in total. The number of hydrogen-bond donors (Lipinski definition) is 6. The number of H-pyrrole nitrogens is 1. The third-order valence-electron chi connectivity index (χ3n) is 4.44. The van der Waals surface area contributed by atoms with Crippen molar-refractivity contribution in [3.63, 3.8) is 0 Å². The first kappa shape index (κ1) is 24.0. The highest BCUT2D eigenvalue weighted by Gasteiger charge is 2.47. The van der Waals surface area contributed by atoms with Crippen LogP contribution >= 0.6 is 0 Å². The van der Waals surface area contributed by atoms with E-state index < -0.39 is 41.8 Å². The molecule has 0 bridgehead atoms. The fourth-order valence-electron chi connectivity index (χ4n) is 2.85. The number of aromatic nitrogens is 4. The van der Waals surface area contributed by atoms with Gasteiger partial charge < -0.3 is 26.6 Å².